The van der Waals surface area contributed by atoms with Crippen molar-refractivity contribution < 1.29 is 0 Å². The molecule has 17 heavy (non-hydrogen) atoms. The topological polar surface area (TPSA) is 0 Å². The molecule has 1 unspecified atom stereocenters. The average molecular weight is 330 g/mol. The molecule has 0 radical (unpaired) electrons. The lowest BCUT2D eigenvalue weighted by Crippen LogP contribution is -1.96. The Balaban J connectivity index is 2.18. The maximum atomic E-state index is 5.96. The summed E-state index contributed by atoms with van der Waals surface area (Å²) < 4.78 is 0.852. The first-order chi connectivity index (χ1) is 8.06. The zero-order valence-corrected chi connectivity index (χ0v) is 13.0. The third-order valence-corrected chi connectivity index (χ3v) is 5.27. The van der Waals surface area contributed by atoms with Crippen LogP contribution in [0.2, 0.25) is 4.34 Å². The van der Waals surface area contributed by atoms with Crippen LogP contribution in [0.5, 0.6) is 0 Å². The lowest BCUT2D eigenvalue weighted by Gasteiger charge is -2.11. The molecule has 0 bridgehead atoms. The van der Waals surface area contributed by atoms with E-state index < -0.39 is 0 Å². The highest BCUT2D eigenvalue weighted by molar-refractivity contribution is 9.09. The molecule has 0 N–H and O–H groups in total. The van der Waals surface area contributed by atoms with Gasteiger partial charge in [-0.2, -0.15) is 0 Å². The number of alkyl halides is 1. The molecule has 1 atom stereocenters. The number of aryl methyl sites for hydroxylation is 2. The zero-order chi connectivity index (χ0) is 12.4. The van der Waals surface area contributed by atoms with Crippen molar-refractivity contribution in [3.8, 4) is 0 Å². The van der Waals surface area contributed by atoms with E-state index in [4.69, 9.17) is 11.6 Å². The molecule has 1 heterocycles. The number of benzene rings is 1. The highest BCUT2D eigenvalue weighted by Crippen LogP contribution is 2.34. The Morgan fingerprint density at radius 2 is 2.00 bits per heavy atom. The van der Waals surface area contributed by atoms with Crippen LogP contribution in [0.15, 0.2) is 30.3 Å². The first-order valence-corrected chi connectivity index (χ1v) is 7.62. The molecule has 0 spiro atoms. The summed E-state index contributed by atoms with van der Waals surface area (Å²) in [6, 6.07) is 10.7. The standard InChI is InChI=1S/C14H14BrClS/c1-9-3-4-10(2)11(7-9)8-12(15)13-5-6-14(16)17-13/h3-7,12H,8H2,1-2H3. The largest absolute Gasteiger partial charge is 0.127 e. The molecule has 2 aromatic rings. The van der Waals surface area contributed by atoms with E-state index in [-0.39, 0.29) is 0 Å². The minimum absolute atomic E-state index is 0.348. The van der Waals surface area contributed by atoms with Crippen LogP contribution < -0.4 is 0 Å². The third kappa shape index (κ3) is 3.34. The lowest BCUT2D eigenvalue weighted by molar-refractivity contribution is 0.955. The maximum absolute atomic E-state index is 5.96. The highest BCUT2D eigenvalue weighted by Gasteiger charge is 2.12. The molecule has 1 aromatic heterocycles. The van der Waals surface area contributed by atoms with E-state index in [0.717, 1.165) is 10.8 Å². The van der Waals surface area contributed by atoms with Crippen molar-refractivity contribution in [3.63, 3.8) is 0 Å². The van der Waals surface area contributed by atoms with Crippen LogP contribution in [0.25, 0.3) is 0 Å². The van der Waals surface area contributed by atoms with Crippen LogP contribution in [-0.4, -0.2) is 0 Å². The van der Waals surface area contributed by atoms with E-state index in [9.17, 15) is 0 Å². The zero-order valence-electron chi connectivity index (χ0n) is 9.84. The molecule has 0 aliphatic heterocycles. The number of halogens is 2. The third-order valence-electron chi connectivity index (χ3n) is 2.81. The van der Waals surface area contributed by atoms with Gasteiger partial charge < -0.3 is 0 Å². The Hall–Kier alpha value is -0.310. The average Bonchev–Trinajstić information content (AvgIpc) is 2.70. The van der Waals surface area contributed by atoms with Gasteiger partial charge in [-0.05, 0) is 43.5 Å². The van der Waals surface area contributed by atoms with Crippen molar-refractivity contribution in [2.24, 2.45) is 0 Å². The second-order valence-electron chi connectivity index (χ2n) is 4.24. The van der Waals surface area contributed by atoms with Crippen molar-refractivity contribution in [2.45, 2.75) is 25.1 Å². The summed E-state index contributed by atoms with van der Waals surface area (Å²) in [7, 11) is 0. The minimum Gasteiger partial charge on any atom is -0.127 e. The Morgan fingerprint density at radius 3 is 2.65 bits per heavy atom. The monoisotopic (exact) mass is 328 g/mol. The minimum atomic E-state index is 0.348. The molecule has 3 heteroatoms. The smallest absolute Gasteiger partial charge is 0.0931 e. The van der Waals surface area contributed by atoms with Gasteiger partial charge >= 0.3 is 0 Å². The number of rotatable bonds is 3. The molecule has 0 aliphatic rings. The quantitative estimate of drug-likeness (QED) is 0.634. The van der Waals surface area contributed by atoms with Gasteiger partial charge in [-0.25, -0.2) is 0 Å². The summed E-state index contributed by atoms with van der Waals surface area (Å²) in [5.41, 5.74) is 4.06. The van der Waals surface area contributed by atoms with Crippen LogP contribution in [0.4, 0.5) is 0 Å². The van der Waals surface area contributed by atoms with Crippen molar-refractivity contribution in [1.29, 1.82) is 0 Å². The Labute approximate surface area is 120 Å². The Morgan fingerprint density at radius 1 is 1.24 bits per heavy atom. The van der Waals surface area contributed by atoms with Crippen molar-refractivity contribution in [1.82, 2.24) is 0 Å². The predicted molar refractivity (Wildman–Crippen MR) is 80.6 cm³/mol. The molecule has 0 saturated heterocycles. The fourth-order valence-electron chi connectivity index (χ4n) is 1.81. The van der Waals surface area contributed by atoms with E-state index in [1.54, 1.807) is 11.3 Å². The van der Waals surface area contributed by atoms with Crippen molar-refractivity contribution in [2.75, 3.05) is 0 Å². The highest BCUT2D eigenvalue weighted by atomic mass is 79.9. The number of hydrogen-bond donors (Lipinski definition) is 0. The van der Waals surface area contributed by atoms with E-state index in [1.165, 1.54) is 21.6 Å². The lowest BCUT2D eigenvalue weighted by atomic mass is 10.0. The molecule has 90 valence electrons. The first kappa shape index (κ1) is 13.1. The fourth-order valence-corrected chi connectivity index (χ4v) is 3.63. The van der Waals surface area contributed by atoms with Crippen LogP contribution in [0.3, 0.4) is 0 Å². The summed E-state index contributed by atoms with van der Waals surface area (Å²) in [4.78, 5) is 1.64. The van der Waals surface area contributed by atoms with E-state index in [2.05, 4.69) is 54.0 Å². The van der Waals surface area contributed by atoms with Crippen LogP contribution >= 0.6 is 38.9 Å². The van der Waals surface area contributed by atoms with Gasteiger partial charge in [0.25, 0.3) is 0 Å². The van der Waals surface area contributed by atoms with Gasteiger partial charge in [0, 0.05) is 4.88 Å². The van der Waals surface area contributed by atoms with Gasteiger partial charge in [-0.15, -0.1) is 11.3 Å². The molecule has 0 saturated carbocycles. The second kappa shape index (κ2) is 5.55. The molecular weight excluding hydrogens is 316 g/mol. The SMILES string of the molecule is Cc1ccc(C)c(CC(Br)c2ccc(Cl)s2)c1. The second-order valence-corrected chi connectivity index (χ2v) is 7.10. The van der Waals surface area contributed by atoms with E-state index >= 15 is 0 Å². The van der Waals surface area contributed by atoms with Crippen molar-refractivity contribution in [3.05, 3.63) is 56.2 Å². The summed E-state index contributed by atoms with van der Waals surface area (Å²) in [6.07, 6.45) is 1.00. The molecule has 0 fully saturated rings. The maximum Gasteiger partial charge on any atom is 0.0931 e. The van der Waals surface area contributed by atoms with Gasteiger partial charge in [0.1, 0.15) is 0 Å². The molecule has 0 amide bonds. The summed E-state index contributed by atoms with van der Waals surface area (Å²) in [5.74, 6) is 0. The van der Waals surface area contributed by atoms with Gasteiger partial charge in [-0.3, -0.25) is 0 Å². The molecule has 0 nitrogen and oxygen atoms in total. The number of thiophene rings is 1. The van der Waals surface area contributed by atoms with Crippen molar-refractivity contribution >= 4 is 38.9 Å². The molecular formula is C14H14BrClS. The van der Waals surface area contributed by atoms with E-state index in [1.807, 2.05) is 6.07 Å². The summed E-state index contributed by atoms with van der Waals surface area (Å²) >= 11 is 11.4. The number of hydrogen-bond acceptors (Lipinski definition) is 1. The molecule has 1 aromatic carbocycles. The van der Waals surface area contributed by atoms with Crippen LogP contribution in [0.1, 0.15) is 26.4 Å². The normalized spacial score (nSPS) is 12.7. The first-order valence-electron chi connectivity index (χ1n) is 5.51. The van der Waals surface area contributed by atoms with Crippen LogP contribution in [-0.2, 0) is 6.42 Å². The molecule has 2 rings (SSSR count). The Kier molecular flexibility index (Phi) is 4.29. The van der Waals surface area contributed by atoms with Gasteiger partial charge in [0.05, 0.1) is 9.16 Å². The summed E-state index contributed by atoms with van der Waals surface area (Å²) in [5, 5.41) is 0. The van der Waals surface area contributed by atoms with Crippen LogP contribution in [0, 0.1) is 13.8 Å². The van der Waals surface area contributed by atoms with Gasteiger partial charge in [0.2, 0.25) is 0 Å². The Bertz CT molecular complexity index is 519. The van der Waals surface area contributed by atoms with Gasteiger partial charge in [-0.1, -0.05) is 51.3 Å². The fraction of sp³-hybridized carbons (Fsp3) is 0.286. The molecule has 0 aliphatic carbocycles. The predicted octanol–water partition coefficient (Wildman–Crippen LogP) is 5.70. The van der Waals surface area contributed by atoms with Gasteiger partial charge in [0.15, 0.2) is 0 Å². The van der Waals surface area contributed by atoms with E-state index in [0.29, 0.717) is 4.83 Å². The summed E-state index contributed by atoms with van der Waals surface area (Å²) in [6.45, 7) is 4.30.